The highest BCUT2D eigenvalue weighted by Gasteiger charge is 2.33. The Balaban J connectivity index is 2.19. The molecule has 0 bridgehead atoms. The third kappa shape index (κ3) is 2.06. The van der Waals surface area contributed by atoms with Gasteiger partial charge in [0.1, 0.15) is 5.78 Å². The van der Waals surface area contributed by atoms with Gasteiger partial charge in [0, 0.05) is 11.5 Å². The SMILES string of the molecule is CC1CCCC(C(=O)c2ccccc2)C1=O. The second kappa shape index (κ2) is 4.60. The van der Waals surface area contributed by atoms with Crippen molar-refractivity contribution in [2.24, 2.45) is 11.8 Å². The van der Waals surface area contributed by atoms with Crippen LogP contribution in [0.3, 0.4) is 0 Å². The minimum Gasteiger partial charge on any atom is -0.299 e. The lowest BCUT2D eigenvalue weighted by Crippen LogP contribution is -2.32. The Morgan fingerprint density at radius 1 is 1.19 bits per heavy atom. The van der Waals surface area contributed by atoms with Crippen LogP contribution in [0.4, 0.5) is 0 Å². The number of rotatable bonds is 2. The zero-order valence-corrected chi connectivity index (χ0v) is 9.48. The average molecular weight is 216 g/mol. The molecule has 2 rings (SSSR count). The van der Waals surface area contributed by atoms with Gasteiger partial charge in [-0.3, -0.25) is 9.59 Å². The van der Waals surface area contributed by atoms with Gasteiger partial charge in [-0.15, -0.1) is 0 Å². The normalized spacial score (nSPS) is 25.4. The van der Waals surface area contributed by atoms with Crippen LogP contribution in [0, 0.1) is 11.8 Å². The van der Waals surface area contributed by atoms with Gasteiger partial charge in [-0.25, -0.2) is 0 Å². The van der Waals surface area contributed by atoms with Gasteiger partial charge >= 0.3 is 0 Å². The maximum Gasteiger partial charge on any atom is 0.173 e. The molecule has 1 fully saturated rings. The Bertz CT molecular complexity index is 394. The van der Waals surface area contributed by atoms with Crippen molar-refractivity contribution < 1.29 is 9.59 Å². The van der Waals surface area contributed by atoms with E-state index in [0.717, 1.165) is 19.3 Å². The molecule has 0 aromatic heterocycles. The average Bonchev–Trinajstić information content (AvgIpc) is 2.33. The summed E-state index contributed by atoms with van der Waals surface area (Å²) in [7, 11) is 0. The summed E-state index contributed by atoms with van der Waals surface area (Å²) in [5, 5.41) is 0. The lowest BCUT2D eigenvalue weighted by atomic mass is 9.77. The summed E-state index contributed by atoms with van der Waals surface area (Å²) in [6.45, 7) is 1.92. The Morgan fingerprint density at radius 2 is 1.88 bits per heavy atom. The summed E-state index contributed by atoms with van der Waals surface area (Å²) >= 11 is 0. The zero-order valence-electron chi connectivity index (χ0n) is 9.48. The summed E-state index contributed by atoms with van der Waals surface area (Å²) in [5.41, 5.74) is 0.662. The quantitative estimate of drug-likeness (QED) is 0.562. The number of ketones is 2. The molecular formula is C14H16O2. The fraction of sp³-hybridized carbons (Fsp3) is 0.429. The van der Waals surface area contributed by atoms with Gasteiger partial charge in [0.05, 0.1) is 5.92 Å². The first-order valence-electron chi connectivity index (χ1n) is 5.83. The van der Waals surface area contributed by atoms with Crippen molar-refractivity contribution in [1.82, 2.24) is 0 Å². The van der Waals surface area contributed by atoms with Crippen LogP contribution in [-0.2, 0) is 4.79 Å². The van der Waals surface area contributed by atoms with E-state index in [1.165, 1.54) is 0 Å². The highest BCUT2D eigenvalue weighted by atomic mass is 16.2. The van der Waals surface area contributed by atoms with E-state index in [-0.39, 0.29) is 17.5 Å². The van der Waals surface area contributed by atoms with E-state index in [1.807, 2.05) is 25.1 Å². The van der Waals surface area contributed by atoms with E-state index in [1.54, 1.807) is 12.1 Å². The minimum atomic E-state index is -0.397. The van der Waals surface area contributed by atoms with Crippen LogP contribution >= 0.6 is 0 Å². The molecule has 0 N–H and O–H groups in total. The molecule has 0 heterocycles. The Labute approximate surface area is 95.7 Å². The molecule has 84 valence electrons. The predicted octanol–water partition coefficient (Wildman–Crippen LogP) is 2.87. The summed E-state index contributed by atoms with van der Waals surface area (Å²) in [4.78, 5) is 24.1. The molecule has 1 saturated carbocycles. The van der Waals surface area contributed by atoms with E-state index in [9.17, 15) is 9.59 Å². The van der Waals surface area contributed by atoms with Crippen molar-refractivity contribution in [3.05, 3.63) is 35.9 Å². The van der Waals surface area contributed by atoms with Crippen LogP contribution in [0.2, 0.25) is 0 Å². The molecule has 0 saturated heterocycles. The van der Waals surface area contributed by atoms with E-state index in [0.29, 0.717) is 5.56 Å². The van der Waals surface area contributed by atoms with Crippen molar-refractivity contribution in [3.8, 4) is 0 Å². The highest BCUT2D eigenvalue weighted by molar-refractivity contribution is 6.11. The molecule has 1 aliphatic carbocycles. The van der Waals surface area contributed by atoms with Gasteiger partial charge < -0.3 is 0 Å². The molecule has 16 heavy (non-hydrogen) atoms. The van der Waals surface area contributed by atoms with Gasteiger partial charge in [0.25, 0.3) is 0 Å². The molecule has 1 aromatic rings. The molecule has 0 aliphatic heterocycles. The maximum atomic E-state index is 12.1. The first-order valence-corrected chi connectivity index (χ1v) is 5.83. The van der Waals surface area contributed by atoms with Crippen molar-refractivity contribution >= 4 is 11.6 Å². The van der Waals surface area contributed by atoms with Crippen LogP contribution in [0.15, 0.2) is 30.3 Å². The molecule has 0 radical (unpaired) electrons. The Morgan fingerprint density at radius 3 is 2.56 bits per heavy atom. The molecule has 1 aromatic carbocycles. The van der Waals surface area contributed by atoms with Gasteiger partial charge in [0.15, 0.2) is 5.78 Å². The predicted molar refractivity (Wildman–Crippen MR) is 62.3 cm³/mol. The van der Waals surface area contributed by atoms with Crippen molar-refractivity contribution in [3.63, 3.8) is 0 Å². The second-order valence-electron chi connectivity index (χ2n) is 4.52. The zero-order chi connectivity index (χ0) is 11.5. The number of benzene rings is 1. The van der Waals surface area contributed by atoms with Crippen LogP contribution < -0.4 is 0 Å². The van der Waals surface area contributed by atoms with Crippen molar-refractivity contribution in [1.29, 1.82) is 0 Å². The first-order chi connectivity index (χ1) is 7.70. The molecule has 2 unspecified atom stereocenters. The van der Waals surface area contributed by atoms with Crippen LogP contribution in [0.5, 0.6) is 0 Å². The number of carbonyl (C=O) groups is 2. The Hall–Kier alpha value is -1.44. The molecular weight excluding hydrogens is 200 g/mol. The fourth-order valence-electron chi connectivity index (χ4n) is 2.32. The van der Waals surface area contributed by atoms with Crippen molar-refractivity contribution in [2.45, 2.75) is 26.2 Å². The van der Waals surface area contributed by atoms with Gasteiger partial charge in [-0.05, 0) is 12.8 Å². The molecule has 2 heteroatoms. The van der Waals surface area contributed by atoms with Crippen molar-refractivity contribution in [2.75, 3.05) is 0 Å². The standard InChI is InChI=1S/C14H16O2/c1-10-6-5-9-12(13(10)15)14(16)11-7-3-2-4-8-11/h2-4,7-8,10,12H,5-6,9H2,1H3. The van der Waals surface area contributed by atoms with E-state index in [4.69, 9.17) is 0 Å². The van der Waals surface area contributed by atoms with E-state index < -0.39 is 5.92 Å². The largest absolute Gasteiger partial charge is 0.299 e. The van der Waals surface area contributed by atoms with Gasteiger partial charge in [-0.2, -0.15) is 0 Å². The lowest BCUT2D eigenvalue weighted by molar-refractivity contribution is -0.126. The van der Waals surface area contributed by atoms with Gasteiger partial charge in [0.2, 0.25) is 0 Å². The number of carbonyl (C=O) groups excluding carboxylic acids is 2. The number of hydrogen-bond acceptors (Lipinski definition) is 2. The van der Waals surface area contributed by atoms with Gasteiger partial charge in [-0.1, -0.05) is 43.7 Å². The maximum absolute atomic E-state index is 12.1. The summed E-state index contributed by atoms with van der Waals surface area (Å²) in [6.07, 6.45) is 2.63. The first kappa shape index (κ1) is 11.1. The van der Waals surface area contributed by atoms with Crippen LogP contribution in [0.1, 0.15) is 36.5 Å². The smallest absolute Gasteiger partial charge is 0.173 e. The minimum absolute atomic E-state index is 0.00264. The van der Waals surface area contributed by atoms with E-state index >= 15 is 0 Å². The Kier molecular flexibility index (Phi) is 3.18. The fourth-order valence-corrected chi connectivity index (χ4v) is 2.32. The summed E-state index contributed by atoms with van der Waals surface area (Å²) in [6, 6.07) is 9.12. The third-order valence-electron chi connectivity index (χ3n) is 3.33. The van der Waals surface area contributed by atoms with Crippen LogP contribution in [-0.4, -0.2) is 11.6 Å². The highest BCUT2D eigenvalue weighted by Crippen LogP contribution is 2.27. The monoisotopic (exact) mass is 216 g/mol. The molecule has 2 atom stereocenters. The lowest BCUT2D eigenvalue weighted by Gasteiger charge is -2.24. The van der Waals surface area contributed by atoms with E-state index in [2.05, 4.69) is 0 Å². The molecule has 0 spiro atoms. The molecule has 1 aliphatic rings. The summed E-state index contributed by atoms with van der Waals surface area (Å²) in [5.74, 6) is -0.227. The number of Topliss-reactive ketones (excluding diaryl/α,β-unsaturated/α-hetero) is 2. The second-order valence-corrected chi connectivity index (χ2v) is 4.52. The molecule has 2 nitrogen and oxygen atoms in total. The van der Waals surface area contributed by atoms with Crippen LogP contribution in [0.25, 0.3) is 0 Å². The topological polar surface area (TPSA) is 34.1 Å². The third-order valence-corrected chi connectivity index (χ3v) is 3.33. The molecule has 0 amide bonds. The number of hydrogen-bond donors (Lipinski definition) is 0. The summed E-state index contributed by atoms with van der Waals surface area (Å²) < 4.78 is 0.